The van der Waals surface area contributed by atoms with E-state index < -0.39 is 23.4 Å². The van der Waals surface area contributed by atoms with Gasteiger partial charge < -0.3 is 10.0 Å². The largest absolute Gasteiger partial charge is 0.508 e. The van der Waals surface area contributed by atoms with E-state index in [1.165, 1.54) is 4.90 Å². The van der Waals surface area contributed by atoms with Gasteiger partial charge in [-0.2, -0.15) is 13.2 Å². The Hall–Kier alpha value is -1.72. The van der Waals surface area contributed by atoms with Gasteiger partial charge >= 0.3 is 6.18 Å². The van der Waals surface area contributed by atoms with Crippen molar-refractivity contribution in [2.24, 2.45) is 0 Å². The molecule has 0 saturated carbocycles. The number of hydrogen-bond acceptors (Lipinski definition) is 2. The van der Waals surface area contributed by atoms with E-state index in [-0.39, 0.29) is 5.56 Å². The second kappa shape index (κ2) is 5.29. The molecule has 0 radical (unpaired) electrons. The zero-order valence-electron chi connectivity index (χ0n) is 10.1. The van der Waals surface area contributed by atoms with Crippen LogP contribution in [0.1, 0.15) is 29.8 Å². The lowest BCUT2D eigenvalue weighted by atomic mass is 10.1. The van der Waals surface area contributed by atoms with Crippen LogP contribution in [-0.4, -0.2) is 29.0 Å². The van der Waals surface area contributed by atoms with Gasteiger partial charge in [-0.1, -0.05) is 0 Å². The number of aromatic hydroxyl groups is 1. The van der Waals surface area contributed by atoms with Crippen molar-refractivity contribution in [3.8, 4) is 5.75 Å². The highest BCUT2D eigenvalue weighted by atomic mass is 19.4. The number of rotatable bonds is 3. The lowest BCUT2D eigenvalue weighted by Crippen LogP contribution is -2.30. The molecule has 1 rings (SSSR count). The number of alkyl halides is 3. The number of amides is 1. The molecule has 18 heavy (non-hydrogen) atoms. The SMILES string of the molecule is CCN(CC)C(=O)c1cc(O)cc(C(F)(F)F)c1. The van der Waals surface area contributed by atoms with Crippen LogP contribution in [-0.2, 0) is 6.18 Å². The third-order valence-electron chi connectivity index (χ3n) is 2.54. The molecule has 0 atom stereocenters. The molecule has 1 amide bonds. The van der Waals surface area contributed by atoms with E-state index in [2.05, 4.69) is 0 Å². The van der Waals surface area contributed by atoms with Crippen LogP contribution in [0.4, 0.5) is 13.2 Å². The number of carbonyl (C=O) groups excluding carboxylic acids is 1. The maximum absolute atomic E-state index is 12.5. The van der Waals surface area contributed by atoms with Crippen LogP contribution in [0.5, 0.6) is 5.75 Å². The second-order valence-electron chi connectivity index (χ2n) is 3.74. The highest BCUT2D eigenvalue weighted by molar-refractivity contribution is 5.94. The summed E-state index contributed by atoms with van der Waals surface area (Å²) in [6, 6.07) is 2.38. The Balaban J connectivity index is 3.18. The predicted molar refractivity (Wildman–Crippen MR) is 60.4 cm³/mol. The van der Waals surface area contributed by atoms with Crippen molar-refractivity contribution in [3.63, 3.8) is 0 Å². The van der Waals surface area contributed by atoms with Crippen molar-refractivity contribution in [2.75, 3.05) is 13.1 Å². The van der Waals surface area contributed by atoms with Gasteiger partial charge in [-0.15, -0.1) is 0 Å². The standard InChI is InChI=1S/C12H14F3NO2/c1-3-16(4-2)11(18)8-5-9(12(13,14)15)7-10(17)6-8/h5-7,17H,3-4H2,1-2H3. The summed E-state index contributed by atoms with van der Waals surface area (Å²) in [6.45, 7) is 4.25. The first-order valence-electron chi connectivity index (χ1n) is 5.50. The molecule has 0 aliphatic carbocycles. The Bertz CT molecular complexity index is 439. The number of carbonyl (C=O) groups is 1. The van der Waals surface area contributed by atoms with Gasteiger partial charge in [0.2, 0.25) is 0 Å². The lowest BCUT2D eigenvalue weighted by molar-refractivity contribution is -0.137. The third-order valence-corrected chi connectivity index (χ3v) is 2.54. The number of hydrogen-bond donors (Lipinski definition) is 1. The van der Waals surface area contributed by atoms with E-state index in [1.807, 2.05) is 0 Å². The Morgan fingerprint density at radius 1 is 1.22 bits per heavy atom. The minimum atomic E-state index is -4.59. The fourth-order valence-electron chi connectivity index (χ4n) is 1.59. The molecule has 0 bridgehead atoms. The summed E-state index contributed by atoms with van der Waals surface area (Å²) in [4.78, 5) is 13.3. The first-order chi connectivity index (χ1) is 8.29. The number of nitrogens with zero attached hydrogens (tertiary/aromatic N) is 1. The van der Waals surface area contributed by atoms with E-state index in [9.17, 15) is 23.1 Å². The lowest BCUT2D eigenvalue weighted by Gasteiger charge is -2.19. The summed E-state index contributed by atoms with van der Waals surface area (Å²) in [7, 11) is 0. The number of phenols is 1. The van der Waals surface area contributed by atoms with Gasteiger partial charge in [0.15, 0.2) is 0 Å². The molecule has 1 aromatic rings. The van der Waals surface area contributed by atoms with Crippen LogP contribution in [0.15, 0.2) is 18.2 Å². The minimum absolute atomic E-state index is 0.161. The molecular formula is C12H14F3NO2. The molecule has 1 aromatic carbocycles. The maximum Gasteiger partial charge on any atom is 0.416 e. The maximum atomic E-state index is 12.5. The van der Waals surface area contributed by atoms with Gasteiger partial charge in [0.05, 0.1) is 5.56 Å². The van der Waals surface area contributed by atoms with Crippen molar-refractivity contribution in [1.29, 1.82) is 0 Å². The molecule has 6 heteroatoms. The molecule has 3 nitrogen and oxygen atoms in total. The van der Waals surface area contributed by atoms with E-state index in [0.717, 1.165) is 12.1 Å². The monoisotopic (exact) mass is 261 g/mol. The zero-order chi connectivity index (χ0) is 13.9. The van der Waals surface area contributed by atoms with E-state index in [0.29, 0.717) is 19.2 Å². The Morgan fingerprint density at radius 2 is 1.78 bits per heavy atom. The number of halogens is 3. The van der Waals surface area contributed by atoms with Gasteiger partial charge in [-0.3, -0.25) is 4.79 Å². The quantitative estimate of drug-likeness (QED) is 0.908. The molecule has 0 heterocycles. The Morgan fingerprint density at radius 3 is 2.22 bits per heavy atom. The molecule has 1 N–H and O–H groups in total. The molecule has 100 valence electrons. The van der Waals surface area contributed by atoms with Gasteiger partial charge in [-0.25, -0.2) is 0 Å². The molecule has 0 aromatic heterocycles. The summed E-state index contributed by atoms with van der Waals surface area (Å²) < 4.78 is 37.6. The molecule has 0 aliphatic rings. The van der Waals surface area contributed by atoms with Crippen LogP contribution in [0, 0.1) is 0 Å². The van der Waals surface area contributed by atoms with Crippen LogP contribution < -0.4 is 0 Å². The molecule has 0 aliphatic heterocycles. The van der Waals surface area contributed by atoms with Crippen molar-refractivity contribution in [1.82, 2.24) is 4.90 Å². The molecule has 0 saturated heterocycles. The molecule has 0 spiro atoms. The van der Waals surface area contributed by atoms with Crippen molar-refractivity contribution >= 4 is 5.91 Å². The van der Waals surface area contributed by atoms with Gasteiger partial charge in [-0.05, 0) is 32.0 Å². The fraction of sp³-hybridized carbons (Fsp3) is 0.417. The van der Waals surface area contributed by atoms with Crippen molar-refractivity contribution < 1.29 is 23.1 Å². The number of benzene rings is 1. The topological polar surface area (TPSA) is 40.5 Å². The van der Waals surface area contributed by atoms with Crippen LogP contribution in [0.2, 0.25) is 0 Å². The molecular weight excluding hydrogens is 247 g/mol. The highest BCUT2D eigenvalue weighted by Gasteiger charge is 2.32. The fourth-order valence-corrected chi connectivity index (χ4v) is 1.59. The molecule has 0 unspecified atom stereocenters. The van der Waals surface area contributed by atoms with Crippen LogP contribution in [0.25, 0.3) is 0 Å². The van der Waals surface area contributed by atoms with Crippen molar-refractivity contribution in [3.05, 3.63) is 29.3 Å². The van der Waals surface area contributed by atoms with Crippen LogP contribution >= 0.6 is 0 Å². The van der Waals surface area contributed by atoms with Gasteiger partial charge in [0.25, 0.3) is 5.91 Å². The smallest absolute Gasteiger partial charge is 0.416 e. The van der Waals surface area contributed by atoms with Gasteiger partial charge in [0.1, 0.15) is 5.75 Å². The van der Waals surface area contributed by atoms with E-state index >= 15 is 0 Å². The van der Waals surface area contributed by atoms with E-state index in [4.69, 9.17) is 0 Å². The summed E-state index contributed by atoms with van der Waals surface area (Å²) in [5.74, 6) is -1.10. The Labute approximate surface area is 103 Å². The first kappa shape index (κ1) is 14.3. The average Bonchev–Trinajstić information content (AvgIpc) is 2.28. The Kier molecular flexibility index (Phi) is 4.21. The summed E-state index contributed by atoms with van der Waals surface area (Å²) in [5.41, 5.74) is -1.19. The van der Waals surface area contributed by atoms with Crippen molar-refractivity contribution in [2.45, 2.75) is 20.0 Å². The summed E-state index contributed by atoms with van der Waals surface area (Å²) >= 11 is 0. The van der Waals surface area contributed by atoms with Gasteiger partial charge in [0, 0.05) is 18.7 Å². The molecule has 0 fully saturated rings. The highest BCUT2D eigenvalue weighted by Crippen LogP contribution is 2.32. The predicted octanol–water partition coefficient (Wildman–Crippen LogP) is 2.89. The average molecular weight is 261 g/mol. The summed E-state index contributed by atoms with van der Waals surface area (Å²) in [6.07, 6.45) is -4.59. The minimum Gasteiger partial charge on any atom is -0.508 e. The third kappa shape index (κ3) is 3.15. The van der Waals surface area contributed by atoms with E-state index in [1.54, 1.807) is 13.8 Å². The normalized spacial score (nSPS) is 11.4. The van der Waals surface area contributed by atoms with Crippen LogP contribution in [0.3, 0.4) is 0 Å². The number of phenolic OH excluding ortho intramolecular Hbond substituents is 1. The first-order valence-corrected chi connectivity index (χ1v) is 5.50. The summed E-state index contributed by atoms with van der Waals surface area (Å²) in [5, 5.41) is 9.26. The second-order valence-corrected chi connectivity index (χ2v) is 3.74. The zero-order valence-corrected chi connectivity index (χ0v) is 10.1.